The van der Waals surface area contributed by atoms with Crippen LogP contribution in [0, 0.1) is 11.3 Å². The van der Waals surface area contributed by atoms with Crippen LogP contribution >= 0.6 is 0 Å². The van der Waals surface area contributed by atoms with Gasteiger partial charge >= 0.3 is 12.1 Å². The summed E-state index contributed by atoms with van der Waals surface area (Å²) >= 11 is 0. The minimum atomic E-state index is -4.43. The Morgan fingerprint density at radius 2 is 2.17 bits per heavy atom. The summed E-state index contributed by atoms with van der Waals surface area (Å²) in [6.45, 7) is -0.452. The van der Waals surface area contributed by atoms with Crippen molar-refractivity contribution in [3.05, 3.63) is 0 Å². The molecule has 1 fully saturated rings. The van der Waals surface area contributed by atoms with E-state index in [4.69, 9.17) is 10.8 Å². The quantitative estimate of drug-likeness (QED) is 0.658. The minimum Gasteiger partial charge on any atom is -0.481 e. The normalized spacial score (nSPS) is 34.8. The van der Waals surface area contributed by atoms with Gasteiger partial charge in [0.1, 0.15) is 0 Å². The molecule has 0 aromatic rings. The third kappa shape index (κ3) is 1.16. The number of carboxylic acid groups (broad SMARTS) is 1. The number of hydrogen-bond donors (Lipinski definition) is 2. The lowest BCUT2D eigenvalue weighted by atomic mass is 10.0. The van der Waals surface area contributed by atoms with Crippen LogP contribution < -0.4 is 5.73 Å². The summed E-state index contributed by atoms with van der Waals surface area (Å²) in [5.74, 6) is -3.21. The first-order valence-electron chi connectivity index (χ1n) is 3.35. The monoisotopic (exact) mass is 183 g/mol. The molecule has 0 aromatic heterocycles. The van der Waals surface area contributed by atoms with Crippen molar-refractivity contribution in [3.63, 3.8) is 0 Å². The fourth-order valence-corrected chi connectivity index (χ4v) is 1.28. The smallest absolute Gasteiger partial charge is 0.393 e. The molecular formula is C6H8F3NO2. The third-order valence-corrected chi connectivity index (χ3v) is 2.26. The van der Waals surface area contributed by atoms with Gasteiger partial charge in [-0.25, -0.2) is 0 Å². The summed E-state index contributed by atoms with van der Waals surface area (Å²) in [5, 5.41) is 8.46. The number of carboxylic acids is 1. The van der Waals surface area contributed by atoms with Gasteiger partial charge in [0.25, 0.3) is 0 Å². The van der Waals surface area contributed by atoms with Crippen LogP contribution in [0.2, 0.25) is 0 Å². The van der Waals surface area contributed by atoms with Crippen molar-refractivity contribution in [3.8, 4) is 0 Å². The molecule has 3 nitrogen and oxygen atoms in total. The summed E-state index contributed by atoms with van der Waals surface area (Å²) in [6.07, 6.45) is -4.82. The molecular weight excluding hydrogens is 175 g/mol. The van der Waals surface area contributed by atoms with Crippen molar-refractivity contribution < 1.29 is 23.1 Å². The van der Waals surface area contributed by atoms with Gasteiger partial charge in [-0.3, -0.25) is 4.79 Å². The number of hydrogen-bond acceptors (Lipinski definition) is 2. The van der Waals surface area contributed by atoms with Crippen LogP contribution in [0.3, 0.4) is 0 Å². The zero-order valence-corrected chi connectivity index (χ0v) is 6.06. The Hall–Kier alpha value is -0.780. The van der Waals surface area contributed by atoms with Crippen LogP contribution in [0.15, 0.2) is 0 Å². The van der Waals surface area contributed by atoms with Gasteiger partial charge in [-0.1, -0.05) is 0 Å². The van der Waals surface area contributed by atoms with E-state index in [1.54, 1.807) is 0 Å². The lowest BCUT2D eigenvalue weighted by Crippen LogP contribution is -2.31. The maximum Gasteiger partial charge on any atom is 0.393 e. The number of rotatable bonds is 2. The largest absolute Gasteiger partial charge is 0.481 e. The van der Waals surface area contributed by atoms with Gasteiger partial charge < -0.3 is 10.8 Å². The van der Waals surface area contributed by atoms with Crippen molar-refractivity contribution in [1.29, 1.82) is 0 Å². The lowest BCUT2D eigenvalue weighted by Gasteiger charge is -2.10. The highest BCUT2D eigenvalue weighted by molar-refractivity contribution is 5.79. The van der Waals surface area contributed by atoms with Gasteiger partial charge in [0.15, 0.2) is 0 Å². The van der Waals surface area contributed by atoms with E-state index >= 15 is 0 Å². The molecule has 0 radical (unpaired) electrons. The Bertz CT molecular complexity index is 215. The third-order valence-electron chi connectivity index (χ3n) is 2.26. The van der Waals surface area contributed by atoms with Gasteiger partial charge in [0.2, 0.25) is 0 Å². The second-order valence-electron chi connectivity index (χ2n) is 2.96. The maximum atomic E-state index is 12.0. The van der Waals surface area contributed by atoms with E-state index < -0.39 is 30.0 Å². The number of aliphatic carboxylic acids is 1. The Labute approximate surface area is 66.4 Å². The topological polar surface area (TPSA) is 63.3 Å². The van der Waals surface area contributed by atoms with E-state index in [9.17, 15) is 18.0 Å². The minimum absolute atomic E-state index is 0.387. The molecule has 0 saturated heterocycles. The average molecular weight is 183 g/mol. The zero-order chi connectivity index (χ0) is 9.57. The Balaban J connectivity index is 2.75. The fraction of sp³-hybridized carbons (Fsp3) is 0.833. The van der Waals surface area contributed by atoms with Crippen molar-refractivity contribution in [2.24, 2.45) is 17.1 Å². The van der Waals surface area contributed by atoms with E-state index in [0.717, 1.165) is 0 Å². The van der Waals surface area contributed by atoms with Gasteiger partial charge in [-0.15, -0.1) is 0 Å². The zero-order valence-electron chi connectivity index (χ0n) is 6.06. The van der Waals surface area contributed by atoms with E-state index in [0.29, 0.717) is 0 Å². The first kappa shape index (κ1) is 9.31. The summed E-state index contributed by atoms with van der Waals surface area (Å²) in [5.41, 5.74) is 3.24. The molecule has 70 valence electrons. The van der Waals surface area contributed by atoms with Crippen LogP contribution in [0.4, 0.5) is 13.2 Å². The fourth-order valence-electron chi connectivity index (χ4n) is 1.28. The van der Waals surface area contributed by atoms with E-state index in [-0.39, 0.29) is 6.42 Å². The predicted octanol–water partition coefficient (Wildman–Crippen LogP) is 0.598. The Morgan fingerprint density at radius 3 is 2.25 bits per heavy atom. The number of nitrogens with two attached hydrogens (primary N) is 1. The summed E-state index contributed by atoms with van der Waals surface area (Å²) in [6, 6.07) is 0. The second-order valence-corrected chi connectivity index (χ2v) is 2.96. The molecule has 1 aliphatic rings. The highest BCUT2D eigenvalue weighted by Crippen LogP contribution is 2.59. The predicted molar refractivity (Wildman–Crippen MR) is 33.3 cm³/mol. The van der Waals surface area contributed by atoms with Crippen molar-refractivity contribution in [2.75, 3.05) is 6.54 Å². The lowest BCUT2D eigenvalue weighted by molar-refractivity contribution is -0.167. The molecule has 1 rings (SSSR count). The highest BCUT2D eigenvalue weighted by atomic mass is 19.4. The van der Waals surface area contributed by atoms with Gasteiger partial charge in [0, 0.05) is 6.54 Å². The maximum absolute atomic E-state index is 12.0. The van der Waals surface area contributed by atoms with Crippen molar-refractivity contribution >= 4 is 5.97 Å². The van der Waals surface area contributed by atoms with E-state index in [1.807, 2.05) is 0 Å². The molecule has 1 aliphatic carbocycles. The van der Waals surface area contributed by atoms with Crippen molar-refractivity contribution in [2.45, 2.75) is 12.6 Å². The van der Waals surface area contributed by atoms with Crippen LogP contribution in [0.1, 0.15) is 6.42 Å². The highest BCUT2D eigenvalue weighted by Gasteiger charge is 2.70. The molecule has 1 saturated carbocycles. The van der Waals surface area contributed by atoms with E-state index in [2.05, 4.69) is 0 Å². The summed E-state index contributed by atoms with van der Waals surface area (Å²) in [4.78, 5) is 10.4. The van der Waals surface area contributed by atoms with E-state index in [1.165, 1.54) is 0 Å². The van der Waals surface area contributed by atoms with Gasteiger partial charge in [0.05, 0.1) is 11.3 Å². The molecule has 0 bridgehead atoms. The van der Waals surface area contributed by atoms with Crippen LogP contribution in [-0.4, -0.2) is 23.8 Å². The number of alkyl halides is 3. The number of carbonyl (C=O) groups is 1. The molecule has 3 N–H and O–H groups in total. The Morgan fingerprint density at radius 1 is 1.67 bits per heavy atom. The molecule has 12 heavy (non-hydrogen) atoms. The first-order valence-corrected chi connectivity index (χ1v) is 3.35. The first-order chi connectivity index (χ1) is 5.34. The summed E-state index contributed by atoms with van der Waals surface area (Å²) < 4.78 is 35.9. The van der Waals surface area contributed by atoms with Crippen LogP contribution in [-0.2, 0) is 4.79 Å². The Kier molecular flexibility index (Phi) is 1.82. The summed E-state index contributed by atoms with van der Waals surface area (Å²) in [7, 11) is 0. The molecule has 0 aromatic carbocycles. The average Bonchev–Trinajstić information content (AvgIpc) is 2.60. The molecule has 2 unspecified atom stereocenters. The molecule has 6 heteroatoms. The molecule has 0 amide bonds. The molecule has 2 atom stereocenters. The molecule has 0 spiro atoms. The van der Waals surface area contributed by atoms with Crippen LogP contribution in [0.5, 0.6) is 0 Å². The second kappa shape index (κ2) is 2.35. The van der Waals surface area contributed by atoms with Crippen LogP contribution in [0.25, 0.3) is 0 Å². The molecule has 0 aliphatic heterocycles. The number of halogens is 3. The SMILES string of the molecule is NCC1(C(=O)O)CC1C(F)(F)F. The van der Waals surface area contributed by atoms with Gasteiger partial charge in [-0.2, -0.15) is 13.2 Å². The van der Waals surface area contributed by atoms with Crippen molar-refractivity contribution in [1.82, 2.24) is 0 Å². The standard InChI is InChI=1S/C6H8F3NO2/c7-6(8,9)3-1-5(3,2-10)4(11)12/h3H,1-2,10H2,(H,11,12). The van der Waals surface area contributed by atoms with Gasteiger partial charge in [-0.05, 0) is 6.42 Å². The molecule has 0 heterocycles.